The number of amides is 3. The number of thioether (sulfide) groups is 1. The number of carbonyl (C=O) groups is 3. The van der Waals surface area contributed by atoms with Crippen LogP contribution in [0.15, 0.2) is 23.1 Å². The van der Waals surface area contributed by atoms with Gasteiger partial charge in [0, 0.05) is 18.8 Å². The van der Waals surface area contributed by atoms with E-state index in [4.69, 9.17) is 4.74 Å². The summed E-state index contributed by atoms with van der Waals surface area (Å²) in [5, 5.41) is -0.430. The third-order valence-corrected chi connectivity index (χ3v) is 4.63. The van der Waals surface area contributed by atoms with Crippen molar-refractivity contribution in [1.29, 1.82) is 0 Å². The second kappa shape index (κ2) is 7.14. The highest BCUT2D eigenvalue weighted by Gasteiger charge is 2.37. The molecule has 2 saturated heterocycles. The maximum absolute atomic E-state index is 12.4. The summed E-state index contributed by atoms with van der Waals surface area (Å²) in [6, 6.07) is 5.45. The zero-order valence-corrected chi connectivity index (χ0v) is 14.0. The fraction of sp³-hybridized carbons (Fsp3) is 0.375. The zero-order valence-electron chi connectivity index (χ0n) is 13.2. The van der Waals surface area contributed by atoms with Crippen molar-refractivity contribution in [2.24, 2.45) is 0 Å². The predicted molar refractivity (Wildman–Crippen MR) is 89.1 cm³/mol. The van der Waals surface area contributed by atoms with E-state index in [9.17, 15) is 14.4 Å². The van der Waals surface area contributed by atoms with Gasteiger partial charge in [0.25, 0.3) is 11.1 Å². The van der Waals surface area contributed by atoms with Gasteiger partial charge < -0.3 is 9.64 Å². The van der Waals surface area contributed by atoms with Gasteiger partial charge in [-0.25, -0.2) is 0 Å². The molecule has 8 heteroatoms. The Morgan fingerprint density at radius 1 is 1.33 bits per heavy atom. The number of hydrogen-bond donors (Lipinski definition) is 0. The molecule has 24 heavy (non-hydrogen) atoms. The molecule has 0 aromatic carbocycles. The first-order valence-electron chi connectivity index (χ1n) is 7.59. The topological polar surface area (TPSA) is 79.8 Å². The van der Waals surface area contributed by atoms with Crippen molar-refractivity contribution in [2.75, 3.05) is 32.8 Å². The standard InChI is InChI=1S/C16H17N3O4S/c1-11-3-2-4-12(17-11)9-13-15(21)19(16(22)24-13)10-14(20)18-5-7-23-8-6-18/h2-4,9H,5-8,10H2,1H3/b13-9-. The number of pyridine rings is 1. The normalized spacial score (nSPS) is 20.1. The van der Waals surface area contributed by atoms with Crippen LogP contribution in [-0.2, 0) is 14.3 Å². The minimum Gasteiger partial charge on any atom is -0.378 e. The quantitative estimate of drug-likeness (QED) is 0.767. The van der Waals surface area contributed by atoms with Crippen molar-refractivity contribution >= 4 is 34.9 Å². The Bertz CT molecular complexity index is 713. The largest absolute Gasteiger partial charge is 0.378 e. The molecular formula is C16H17N3O4S. The summed E-state index contributed by atoms with van der Waals surface area (Å²) < 4.78 is 5.19. The first-order chi connectivity index (χ1) is 11.5. The van der Waals surface area contributed by atoms with Crippen LogP contribution in [0.1, 0.15) is 11.4 Å². The summed E-state index contributed by atoms with van der Waals surface area (Å²) in [6.45, 7) is 3.54. The number of ether oxygens (including phenoxy) is 1. The maximum atomic E-state index is 12.4. The van der Waals surface area contributed by atoms with Gasteiger partial charge in [0.05, 0.1) is 23.8 Å². The molecule has 1 aromatic heterocycles. The molecule has 2 aliphatic heterocycles. The highest BCUT2D eigenvalue weighted by Crippen LogP contribution is 2.31. The third kappa shape index (κ3) is 3.65. The fourth-order valence-electron chi connectivity index (χ4n) is 2.46. The average Bonchev–Trinajstić information content (AvgIpc) is 2.83. The van der Waals surface area contributed by atoms with Crippen molar-refractivity contribution in [1.82, 2.24) is 14.8 Å². The van der Waals surface area contributed by atoms with E-state index in [0.29, 0.717) is 32.0 Å². The van der Waals surface area contributed by atoms with E-state index < -0.39 is 11.1 Å². The van der Waals surface area contributed by atoms with Crippen LogP contribution in [0.2, 0.25) is 0 Å². The highest BCUT2D eigenvalue weighted by atomic mass is 32.2. The molecule has 0 bridgehead atoms. The average molecular weight is 347 g/mol. The molecule has 1 aromatic rings. The Morgan fingerprint density at radius 2 is 2.08 bits per heavy atom. The van der Waals surface area contributed by atoms with E-state index in [1.807, 2.05) is 19.1 Å². The van der Waals surface area contributed by atoms with Gasteiger partial charge in [-0.1, -0.05) is 6.07 Å². The molecule has 0 aliphatic carbocycles. The summed E-state index contributed by atoms with van der Waals surface area (Å²) in [4.78, 5) is 43.9. The van der Waals surface area contributed by atoms with Gasteiger partial charge >= 0.3 is 0 Å². The Kier molecular flexibility index (Phi) is 4.96. The summed E-state index contributed by atoms with van der Waals surface area (Å²) in [5.74, 6) is -0.689. The molecular weight excluding hydrogens is 330 g/mol. The number of rotatable bonds is 3. The van der Waals surface area contributed by atoms with Gasteiger partial charge in [-0.05, 0) is 36.9 Å². The van der Waals surface area contributed by atoms with Crippen LogP contribution < -0.4 is 0 Å². The molecule has 0 atom stereocenters. The molecule has 0 saturated carbocycles. The van der Waals surface area contributed by atoms with Crippen molar-refractivity contribution in [3.63, 3.8) is 0 Å². The van der Waals surface area contributed by atoms with Crippen LogP contribution in [0.5, 0.6) is 0 Å². The maximum Gasteiger partial charge on any atom is 0.294 e. The minimum absolute atomic E-state index is 0.233. The monoisotopic (exact) mass is 347 g/mol. The molecule has 0 N–H and O–H groups in total. The van der Waals surface area contributed by atoms with E-state index >= 15 is 0 Å². The van der Waals surface area contributed by atoms with Crippen molar-refractivity contribution in [3.8, 4) is 0 Å². The summed E-state index contributed by atoms with van der Waals surface area (Å²) in [6.07, 6.45) is 1.58. The van der Waals surface area contributed by atoms with Crippen LogP contribution >= 0.6 is 11.8 Å². The number of carbonyl (C=O) groups excluding carboxylic acids is 3. The predicted octanol–water partition coefficient (Wildman–Crippen LogP) is 1.29. The summed E-state index contributed by atoms with van der Waals surface area (Å²) >= 11 is 0.834. The Hall–Kier alpha value is -2.19. The van der Waals surface area contributed by atoms with E-state index in [1.165, 1.54) is 0 Å². The Balaban J connectivity index is 1.71. The smallest absolute Gasteiger partial charge is 0.294 e. The highest BCUT2D eigenvalue weighted by molar-refractivity contribution is 8.18. The van der Waals surface area contributed by atoms with Crippen LogP contribution in [0.4, 0.5) is 4.79 Å². The molecule has 126 valence electrons. The number of aryl methyl sites for hydroxylation is 1. The van der Waals surface area contributed by atoms with Crippen LogP contribution in [0.3, 0.4) is 0 Å². The molecule has 0 spiro atoms. The van der Waals surface area contributed by atoms with E-state index in [-0.39, 0.29) is 17.4 Å². The number of imide groups is 1. The summed E-state index contributed by atoms with van der Waals surface area (Å²) in [5.41, 5.74) is 1.44. The molecule has 2 aliphatic rings. The third-order valence-electron chi connectivity index (χ3n) is 3.72. The van der Waals surface area contributed by atoms with E-state index in [2.05, 4.69) is 4.98 Å². The first kappa shape index (κ1) is 16.7. The van der Waals surface area contributed by atoms with Crippen molar-refractivity contribution in [2.45, 2.75) is 6.92 Å². The van der Waals surface area contributed by atoms with Crippen molar-refractivity contribution in [3.05, 3.63) is 34.5 Å². The van der Waals surface area contributed by atoms with Gasteiger partial charge in [-0.15, -0.1) is 0 Å². The molecule has 3 rings (SSSR count). The summed E-state index contributed by atoms with van der Waals surface area (Å²) in [7, 11) is 0. The molecule has 0 unspecified atom stereocenters. The van der Waals surface area contributed by atoms with Crippen molar-refractivity contribution < 1.29 is 19.1 Å². The molecule has 0 radical (unpaired) electrons. The number of nitrogens with zero attached hydrogens (tertiary/aromatic N) is 3. The molecule has 3 amide bonds. The molecule has 2 fully saturated rings. The van der Waals surface area contributed by atoms with E-state index in [0.717, 1.165) is 22.4 Å². The lowest BCUT2D eigenvalue weighted by molar-refractivity contribution is -0.139. The second-order valence-corrected chi connectivity index (χ2v) is 6.46. The minimum atomic E-state index is -0.449. The SMILES string of the molecule is Cc1cccc(/C=C2\SC(=O)N(CC(=O)N3CCOCC3)C2=O)n1. The molecule has 7 nitrogen and oxygen atoms in total. The number of morpholine rings is 1. The Labute approximate surface area is 143 Å². The van der Waals surface area contributed by atoms with E-state index in [1.54, 1.807) is 17.0 Å². The lowest BCUT2D eigenvalue weighted by Gasteiger charge is -2.27. The lowest BCUT2D eigenvalue weighted by Crippen LogP contribution is -2.46. The molecule has 3 heterocycles. The first-order valence-corrected chi connectivity index (χ1v) is 8.41. The van der Waals surface area contributed by atoms with Gasteiger partial charge in [-0.3, -0.25) is 24.3 Å². The van der Waals surface area contributed by atoms with Gasteiger partial charge in [0.2, 0.25) is 5.91 Å². The second-order valence-electron chi connectivity index (χ2n) is 5.46. The van der Waals surface area contributed by atoms with Crippen LogP contribution in [0.25, 0.3) is 6.08 Å². The van der Waals surface area contributed by atoms with Crippen LogP contribution in [-0.4, -0.2) is 64.7 Å². The van der Waals surface area contributed by atoms with Gasteiger partial charge in [-0.2, -0.15) is 0 Å². The van der Waals surface area contributed by atoms with Gasteiger partial charge in [0.1, 0.15) is 6.54 Å². The number of hydrogen-bond acceptors (Lipinski definition) is 6. The Morgan fingerprint density at radius 3 is 2.79 bits per heavy atom. The van der Waals surface area contributed by atoms with Crippen LogP contribution in [0, 0.1) is 6.92 Å². The lowest BCUT2D eigenvalue weighted by atomic mass is 10.3. The zero-order chi connectivity index (χ0) is 17.1. The fourth-order valence-corrected chi connectivity index (χ4v) is 3.29. The number of aromatic nitrogens is 1. The van der Waals surface area contributed by atoms with Gasteiger partial charge in [0.15, 0.2) is 0 Å².